The number of hydrogen-bond acceptors (Lipinski definition) is 7. The molecular formula is C18H24N8. The zero-order valence-corrected chi connectivity index (χ0v) is 15.2. The summed E-state index contributed by atoms with van der Waals surface area (Å²) >= 11 is 0. The van der Waals surface area contributed by atoms with Crippen molar-refractivity contribution in [2.45, 2.75) is 25.4 Å². The van der Waals surface area contributed by atoms with Crippen molar-refractivity contribution in [2.24, 2.45) is 0 Å². The van der Waals surface area contributed by atoms with E-state index in [2.05, 4.69) is 34.8 Å². The van der Waals surface area contributed by atoms with Gasteiger partial charge in [0.1, 0.15) is 18.0 Å². The van der Waals surface area contributed by atoms with Gasteiger partial charge in [0.05, 0.1) is 6.54 Å². The second-order valence-corrected chi connectivity index (χ2v) is 6.90. The molecule has 0 unspecified atom stereocenters. The largest absolute Gasteiger partial charge is 0.367 e. The minimum absolute atomic E-state index is 0.436. The maximum atomic E-state index is 4.35. The number of rotatable bonds is 5. The molecule has 4 rings (SSSR count). The molecule has 3 aromatic heterocycles. The Balaban J connectivity index is 1.33. The number of anilines is 2. The zero-order valence-electron chi connectivity index (χ0n) is 15.2. The number of pyridine rings is 1. The highest BCUT2D eigenvalue weighted by atomic mass is 15.3. The molecule has 0 atom stereocenters. The van der Waals surface area contributed by atoms with Gasteiger partial charge >= 0.3 is 0 Å². The van der Waals surface area contributed by atoms with E-state index in [0.29, 0.717) is 6.04 Å². The standard InChI is InChI=1S/C18H24N8/c1-24(2)17-11-15(19-13-20-17)21-14-6-9-25(10-7-14)12-18-23-22-16-5-3-4-8-26(16)18/h3-5,8,11,13-14H,6-7,9-10,12H2,1-2H3,(H,19,20,21). The zero-order chi connectivity index (χ0) is 17.9. The maximum absolute atomic E-state index is 4.35. The predicted molar refractivity (Wildman–Crippen MR) is 101 cm³/mol. The lowest BCUT2D eigenvalue weighted by molar-refractivity contribution is 0.206. The molecule has 3 aromatic rings. The molecule has 0 aliphatic carbocycles. The number of fused-ring (bicyclic) bond motifs is 1. The molecule has 26 heavy (non-hydrogen) atoms. The number of aromatic nitrogens is 5. The summed E-state index contributed by atoms with van der Waals surface area (Å²) in [4.78, 5) is 13.0. The SMILES string of the molecule is CN(C)c1cc(NC2CCN(Cc3nnc4ccccn34)CC2)ncn1. The highest BCUT2D eigenvalue weighted by Gasteiger charge is 2.21. The van der Waals surface area contributed by atoms with Crippen molar-refractivity contribution in [1.29, 1.82) is 0 Å². The van der Waals surface area contributed by atoms with Gasteiger partial charge in [0.15, 0.2) is 11.5 Å². The van der Waals surface area contributed by atoms with Crippen molar-refractivity contribution in [3.05, 3.63) is 42.6 Å². The first-order valence-electron chi connectivity index (χ1n) is 8.96. The summed E-state index contributed by atoms with van der Waals surface area (Å²) in [5.41, 5.74) is 0.902. The van der Waals surface area contributed by atoms with Crippen molar-refractivity contribution >= 4 is 17.3 Å². The third-order valence-corrected chi connectivity index (χ3v) is 4.80. The number of nitrogens with one attached hydrogen (secondary N) is 1. The van der Waals surface area contributed by atoms with Crippen molar-refractivity contribution in [3.63, 3.8) is 0 Å². The third kappa shape index (κ3) is 3.60. The lowest BCUT2D eigenvalue weighted by Gasteiger charge is -2.32. The minimum Gasteiger partial charge on any atom is -0.367 e. The van der Waals surface area contributed by atoms with Gasteiger partial charge in [-0.15, -0.1) is 10.2 Å². The van der Waals surface area contributed by atoms with Gasteiger partial charge in [0, 0.05) is 45.5 Å². The average Bonchev–Trinajstić information content (AvgIpc) is 3.07. The number of piperidine rings is 1. The summed E-state index contributed by atoms with van der Waals surface area (Å²) in [5.74, 6) is 2.81. The van der Waals surface area contributed by atoms with Crippen LogP contribution in [0.5, 0.6) is 0 Å². The average molecular weight is 352 g/mol. The van der Waals surface area contributed by atoms with E-state index in [4.69, 9.17) is 0 Å². The van der Waals surface area contributed by atoms with Gasteiger partial charge in [-0.2, -0.15) is 0 Å². The second-order valence-electron chi connectivity index (χ2n) is 6.90. The molecule has 0 aromatic carbocycles. The Morgan fingerprint density at radius 2 is 2.00 bits per heavy atom. The van der Waals surface area contributed by atoms with E-state index < -0.39 is 0 Å². The fourth-order valence-electron chi connectivity index (χ4n) is 3.31. The molecule has 0 saturated carbocycles. The van der Waals surface area contributed by atoms with Crippen LogP contribution in [-0.2, 0) is 6.54 Å². The quantitative estimate of drug-likeness (QED) is 0.748. The lowest BCUT2D eigenvalue weighted by Crippen LogP contribution is -2.39. The highest BCUT2D eigenvalue weighted by Crippen LogP contribution is 2.18. The highest BCUT2D eigenvalue weighted by molar-refractivity contribution is 5.47. The van der Waals surface area contributed by atoms with Crippen LogP contribution in [-0.4, -0.2) is 62.7 Å². The summed E-state index contributed by atoms with van der Waals surface area (Å²) < 4.78 is 2.06. The van der Waals surface area contributed by atoms with Gasteiger partial charge in [-0.05, 0) is 25.0 Å². The van der Waals surface area contributed by atoms with Crippen LogP contribution < -0.4 is 10.2 Å². The van der Waals surface area contributed by atoms with Crippen LogP contribution in [0, 0.1) is 0 Å². The monoisotopic (exact) mass is 352 g/mol. The van der Waals surface area contributed by atoms with Crippen LogP contribution in [0.4, 0.5) is 11.6 Å². The Kier molecular flexibility index (Phi) is 4.66. The normalized spacial score (nSPS) is 16.1. The molecule has 1 aliphatic rings. The molecule has 0 spiro atoms. The van der Waals surface area contributed by atoms with E-state index in [0.717, 1.165) is 55.6 Å². The molecule has 0 bridgehead atoms. The van der Waals surface area contributed by atoms with E-state index in [1.807, 2.05) is 49.5 Å². The Labute approximate surface area is 152 Å². The first kappa shape index (κ1) is 16.7. The van der Waals surface area contributed by atoms with Gasteiger partial charge in [-0.1, -0.05) is 6.07 Å². The molecule has 0 amide bonds. The fraction of sp³-hybridized carbons (Fsp3) is 0.444. The van der Waals surface area contributed by atoms with E-state index in [9.17, 15) is 0 Å². The van der Waals surface area contributed by atoms with Crippen LogP contribution in [0.25, 0.3) is 5.65 Å². The maximum Gasteiger partial charge on any atom is 0.160 e. The van der Waals surface area contributed by atoms with Crippen LogP contribution in [0.3, 0.4) is 0 Å². The van der Waals surface area contributed by atoms with Crippen LogP contribution in [0.1, 0.15) is 18.7 Å². The molecule has 1 saturated heterocycles. The summed E-state index contributed by atoms with van der Waals surface area (Å²) in [6.07, 6.45) is 5.80. The molecule has 1 N–H and O–H groups in total. The summed E-state index contributed by atoms with van der Waals surface area (Å²) in [6, 6.07) is 8.41. The van der Waals surface area contributed by atoms with E-state index in [-0.39, 0.29) is 0 Å². The fourth-order valence-corrected chi connectivity index (χ4v) is 3.31. The van der Waals surface area contributed by atoms with Crippen molar-refractivity contribution in [2.75, 3.05) is 37.4 Å². The van der Waals surface area contributed by atoms with Gasteiger partial charge in [0.2, 0.25) is 0 Å². The molecule has 8 nitrogen and oxygen atoms in total. The molecule has 1 fully saturated rings. The van der Waals surface area contributed by atoms with E-state index >= 15 is 0 Å². The minimum atomic E-state index is 0.436. The Morgan fingerprint density at radius 1 is 1.15 bits per heavy atom. The smallest absolute Gasteiger partial charge is 0.160 e. The van der Waals surface area contributed by atoms with Crippen LogP contribution in [0.15, 0.2) is 36.8 Å². The number of nitrogens with zero attached hydrogens (tertiary/aromatic N) is 7. The molecule has 136 valence electrons. The second kappa shape index (κ2) is 7.25. The summed E-state index contributed by atoms with van der Waals surface area (Å²) in [5, 5.41) is 12.1. The van der Waals surface area contributed by atoms with Crippen molar-refractivity contribution in [3.8, 4) is 0 Å². The van der Waals surface area contributed by atoms with E-state index in [1.54, 1.807) is 6.33 Å². The van der Waals surface area contributed by atoms with E-state index in [1.165, 1.54) is 0 Å². The molecule has 8 heteroatoms. The van der Waals surface area contributed by atoms with Crippen molar-refractivity contribution < 1.29 is 0 Å². The van der Waals surface area contributed by atoms with Crippen LogP contribution >= 0.6 is 0 Å². The van der Waals surface area contributed by atoms with Gasteiger partial charge in [-0.3, -0.25) is 9.30 Å². The first-order valence-corrected chi connectivity index (χ1v) is 8.96. The topological polar surface area (TPSA) is 74.5 Å². The van der Waals surface area contributed by atoms with Gasteiger partial charge in [-0.25, -0.2) is 9.97 Å². The van der Waals surface area contributed by atoms with Gasteiger partial charge in [0.25, 0.3) is 0 Å². The summed E-state index contributed by atoms with van der Waals surface area (Å²) in [6.45, 7) is 2.90. The predicted octanol–water partition coefficient (Wildman–Crippen LogP) is 1.66. The third-order valence-electron chi connectivity index (χ3n) is 4.80. The number of likely N-dealkylation sites (tertiary alicyclic amines) is 1. The molecular weight excluding hydrogens is 328 g/mol. The van der Waals surface area contributed by atoms with Gasteiger partial charge < -0.3 is 10.2 Å². The Hall–Kier alpha value is -2.74. The molecule has 1 aliphatic heterocycles. The molecule has 4 heterocycles. The first-order chi connectivity index (χ1) is 12.7. The van der Waals surface area contributed by atoms with Crippen LogP contribution in [0.2, 0.25) is 0 Å². The van der Waals surface area contributed by atoms with Crippen molar-refractivity contribution in [1.82, 2.24) is 29.5 Å². The summed E-state index contributed by atoms with van der Waals surface area (Å²) in [7, 11) is 3.97. The Bertz CT molecular complexity index is 866. The molecule has 0 radical (unpaired) electrons. The lowest BCUT2D eigenvalue weighted by atomic mass is 10.1. The number of hydrogen-bond donors (Lipinski definition) is 1. The Morgan fingerprint density at radius 3 is 2.81 bits per heavy atom.